The number of hydrogen-bond acceptors (Lipinski definition) is 4. The van der Waals surface area contributed by atoms with Gasteiger partial charge in [0, 0.05) is 25.6 Å². The molecule has 0 aliphatic carbocycles. The second kappa shape index (κ2) is 6.00. The maximum atomic E-state index is 12.4. The molecule has 1 saturated heterocycles. The number of aliphatic hydroxyl groups is 1. The molecule has 1 aromatic rings. The summed E-state index contributed by atoms with van der Waals surface area (Å²) in [6, 6.07) is 6.72. The van der Waals surface area contributed by atoms with Crippen molar-refractivity contribution in [2.45, 2.75) is 17.7 Å². The van der Waals surface area contributed by atoms with Gasteiger partial charge in [0.25, 0.3) is 0 Å². The first-order chi connectivity index (χ1) is 9.05. The number of ether oxygens (including phenoxy) is 1. The topological polar surface area (TPSA) is 66.8 Å². The Morgan fingerprint density at radius 2 is 1.84 bits per heavy atom. The zero-order valence-electron chi connectivity index (χ0n) is 10.9. The minimum absolute atomic E-state index is 0.0140. The number of nitrogens with zero attached hydrogens (tertiary/aromatic N) is 1. The predicted molar refractivity (Wildman–Crippen MR) is 71.5 cm³/mol. The molecule has 0 spiro atoms. The maximum absolute atomic E-state index is 12.4. The zero-order valence-corrected chi connectivity index (χ0v) is 11.8. The molecular weight excluding hydrogens is 266 g/mol. The van der Waals surface area contributed by atoms with Gasteiger partial charge in [-0.2, -0.15) is 4.31 Å². The van der Waals surface area contributed by atoms with E-state index in [0.29, 0.717) is 31.2 Å². The molecule has 2 rings (SSSR count). The molecule has 1 aliphatic heterocycles. The SMILES string of the molecule is CC(CO)c1ccc(S(=O)(=O)N2CCOCC2)cc1. The standard InChI is InChI=1S/C13H19NO4S/c1-11(10-15)12-2-4-13(5-3-12)19(16,17)14-6-8-18-9-7-14/h2-5,11,15H,6-10H2,1H3. The van der Waals surface area contributed by atoms with Crippen molar-refractivity contribution in [3.8, 4) is 0 Å². The van der Waals surface area contributed by atoms with Crippen molar-refractivity contribution in [2.75, 3.05) is 32.9 Å². The Hall–Kier alpha value is -0.950. The average Bonchev–Trinajstić information content (AvgIpc) is 2.47. The summed E-state index contributed by atoms with van der Waals surface area (Å²) in [5, 5.41) is 9.08. The number of aliphatic hydroxyl groups excluding tert-OH is 1. The fourth-order valence-electron chi connectivity index (χ4n) is 2.01. The Bertz CT molecular complexity index is 506. The van der Waals surface area contributed by atoms with Crippen LogP contribution in [0.3, 0.4) is 0 Å². The van der Waals surface area contributed by atoms with Crippen LogP contribution in [0.4, 0.5) is 0 Å². The number of hydrogen-bond donors (Lipinski definition) is 1. The van der Waals surface area contributed by atoms with E-state index in [-0.39, 0.29) is 12.5 Å². The van der Waals surface area contributed by atoms with E-state index in [4.69, 9.17) is 9.84 Å². The summed E-state index contributed by atoms with van der Waals surface area (Å²) >= 11 is 0. The highest BCUT2D eigenvalue weighted by Gasteiger charge is 2.26. The van der Waals surface area contributed by atoms with Gasteiger partial charge in [-0.1, -0.05) is 19.1 Å². The molecule has 5 nitrogen and oxygen atoms in total. The van der Waals surface area contributed by atoms with Crippen molar-refractivity contribution in [2.24, 2.45) is 0 Å². The van der Waals surface area contributed by atoms with E-state index in [1.54, 1.807) is 24.3 Å². The monoisotopic (exact) mass is 285 g/mol. The zero-order chi connectivity index (χ0) is 13.9. The Labute approximate surface area is 113 Å². The third-order valence-corrected chi connectivity index (χ3v) is 5.24. The Kier molecular flexibility index (Phi) is 4.57. The van der Waals surface area contributed by atoms with Crippen LogP contribution in [0.25, 0.3) is 0 Å². The van der Waals surface area contributed by atoms with Crippen molar-refractivity contribution in [1.29, 1.82) is 0 Å². The molecule has 1 atom stereocenters. The molecule has 0 aromatic heterocycles. The van der Waals surface area contributed by atoms with Gasteiger partial charge in [0.15, 0.2) is 0 Å². The van der Waals surface area contributed by atoms with Crippen LogP contribution >= 0.6 is 0 Å². The van der Waals surface area contributed by atoms with Crippen LogP contribution in [0.5, 0.6) is 0 Å². The van der Waals surface area contributed by atoms with E-state index in [0.717, 1.165) is 5.56 Å². The summed E-state index contributed by atoms with van der Waals surface area (Å²) in [6.07, 6.45) is 0. The minimum Gasteiger partial charge on any atom is -0.396 e. The molecule has 19 heavy (non-hydrogen) atoms. The smallest absolute Gasteiger partial charge is 0.243 e. The average molecular weight is 285 g/mol. The molecule has 0 bridgehead atoms. The summed E-state index contributed by atoms with van der Waals surface area (Å²) in [4.78, 5) is 0.295. The summed E-state index contributed by atoms with van der Waals surface area (Å²) < 4.78 is 31.3. The van der Waals surface area contributed by atoms with E-state index in [2.05, 4.69) is 0 Å². The highest BCUT2D eigenvalue weighted by molar-refractivity contribution is 7.89. The Balaban J connectivity index is 2.21. The molecule has 0 amide bonds. The molecule has 6 heteroatoms. The van der Waals surface area contributed by atoms with Gasteiger partial charge in [-0.3, -0.25) is 0 Å². The van der Waals surface area contributed by atoms with Gasteiger partial charge in [-0.25, -0.2) is 8.42 Å². The Morgan fingerprint density at radius 3 is 2.37 bits per heavy atom. The van der Waals surface area contributed by atoms with Crippen LogP contribution in [0, 0.1) is 0 Å². The summed E-state index contributed by atoms with van der Waals surface area (Å²) in [5.74, 6) is 0.0140. The van der Waals surface area contributed by atoms with Gasteiger partial charge in [-0.05, 0) is 17.7 Å². The van der Waals surface area contributed by atoms with E-state index in [9.17, 15) is 8.42 Å². The molecule has 1 heterocycles. The number of sulfonamides is 1. The summed E-state index contributed by atoms with van der Waals surface area (Å²) in [6.45, 7) is 3.63. The quantitative estimate of drug-likeness (QED) is 0.889. The lowest BCUT2D eigenvalue weighted by Gasteiger charge is -2.26. The van der Waals surface area contributed by atoms with Crippen molar-refractivity contribution < 1.29 is 18.3 Å². The molecule has 106 valence electrons. The van der Waals surface area contributed by atoms with Gasteiger partial charge in [-0.15, -0.1) is 0 Å². The first-order valence-corrected chi connectivity index (χ1v) is 7.78. The third kappa shape index (κ3) is 3.14. The summed E-state index contributed by atoms with van der Waals surface area (Å²) in [7, 11) is -3.42. The molecular formula is C13H19NO4S. The highest BCUT2D eigenvalue weighted by atomic mass is 32.2. The molecule has 1 aliphatic rings. The molecule has 1 N–H and O–H groups in total. The fourth-order valence-corrected chi connectivity index (χ4v) is 3.42. The number of rotatable bonds is 4. The lowest BCUT2D eigenvalue weighted by atomic mass is 10.0. The molecule has 0 radical (unpaired) electrons. The fraction of sp³-hybridized carbons (Fsp3) is 0.538. The number of benzene rings is 1. The molecule has 1 aromatic carbocycles. The van der Waals surface area contributed by atoms with E-state index < -0.39 is 10.0 Å². The van der Waals surface area contributed by atoms with Gasteiger partial charge >= 0.3 is 0 Å². The first kappa shape index (κ1) is 14.5. The van der Waals surface area contributed by atoms with Gasteiger partial charge in [0.2, 0.25) is 10.0 Å². The first-order valence-electron chi connectivity index (χ1n) is 6.34. The van der Waals surface area contributed by atoms with E-state index in [1.807, 2.05) is 6.92 Å². The predicted octanol–water partition coefficient (Wildman–Crippen LogP) is 0.803. The van der Waals surface area contributed by atoms with E-state index >= 15 is 0 Å². The van der Waals surface area contributed by atoms with Crippen LogP contribution < -0.4 is 0 Å². The van der Waals surface area contributed by atoms with Crippen molar-refractivity contribution >= 4 is 10.0 Å². The van der Waals surface area contributed by atoms with Crippen molar-refractivity contribution in [3.63, 3.8) is 0 Å². The van der Waals surface area contributed by atoms with Crippen molar-refractivity contribution in [1.82, 2.24) is 4.31 Å². The normalized spacial score (nSPS) is 19.3. The molecule has 1 unspecified atom stereocenters. The molecule has 1 fully saturated rings. The lowest BCUT2D eigenvalue weighted by Crippen LogP contribution is -2.40. The van der Waals surface area contributed by atoms with E-state index in [1.165, 1.54) is 4.31 Å². The van der Waals surface area contributed by atoms with Crippen molar-refractivity contribution in [3.05, 3.63) is 29.8 Å². The highest BCUT2D eigenvalue weighted by Crippen LogP contribution is 2.20. The Morgan fingerprint density at radius 1 is 1.26 bits per heavy atom. The van der Waals surface area contributed by atoms with Gasteiger partial charge in [0.1, 0.15) is 0 Å². The van der Waals surface area contributed by atoms with Crippen LogP contribution in [0.15, 0.2) is 29.2 Å². The van der Waals surface area contributed by atoms with Crippen LogP contribution in [0.2, 0.25) is 0 Å². The third-order valence-electron chi connectivity index (χ3n) is 3.33. The van der Waals surface area contributed by atoms with Gasteiger partial charge < -0.3 is 9.84 Å². The minimum atomic E-state index is -3.42. The largest absolute Gasteiger partial charge is 0.396 e. The number of morpholine rings is 1. The lowest BCUT2D eigenvalue weighted by molar-refractivity contribution is 0.0730. The van der Waals surface area contributed by atoms with Crippen LogP contribution in [0.1, 0.15) is 18.4 Å². The van der Waals surface area contributed by atoms with Crippen LogP contribution in [-0.4, -0.2) is 50.7 Å². The maximum Gasteiger partial charge on any atom is 0.243 e. The van der Waals surface area contributed by atoms with Gasteiger partial charge in [0.05, 0.1) is 18.1 Å². The van der Waals surface area contributed by atoms with Crippen LogP contribution in [-0.2, 0) is 14.8 Å². The summed E-state index contributed by atoms with van der Waals surface area (Å²) in [5.41, 5.74) is 0.934. The molecule has 0 saturated carbocycles. The second-order valence-electron chi connectivity index (χ2n) is 4.67. The second-order valence-corrected chi connectivity index (χ2v) is 6.61.